The number of rotatable bonds is 3. The molecule has 0 saturated heterocycles. The molecule has 1 aromatic heterocycles. The van der Waals surface area contributed by atoms with Gasteiger partial charge in [0.15, 0.2) is 0 Å². The van der Waals surface area contributed by atoms with Crippen LogP contribution in [0.1, 0.15) is 33.6 Å². The van der Waals surface area contributed by atoms with Crippen molar-refractivity contribution in [3.05, 3.63) is 99.9 Å². The summed E-state index contributed by atoms with van der Waals surface area (Å²) in [6, 6.07) is 25.0. The quantitative estimate of drug-likeness (QED) is 0.243. The molecule has 35 heavy (non-hydrogen) atoms. The number of thiophene rings is 1. The molecule has 3 aromatic carbocycles. The molecule has 0 unspecified atom stereocenters. The van der Waals surface area contributed by atoms with Crippen molar-refractivity contribution in [3.63, 3.8) is 0 Å². The van der Waals surface area contributed by atoms with Crippen molar-refractivity contribution in [1.29, 1.82) is 0 Å². The van der Waals surface area contributed by atoms with Crippen molar-refractivity contribution in [1.82, 2.24) is 0 Å². The van der Waals surface area contributed by atoms with E-state index in [1.807, 2.05) is 12.1 Å². The average molecular weight is 480 g/mol. The fraction of sp³-hybridized carbons (Fsp3) is 0.167. The summed E-state index contributed by atoms with van der Waals surface area (Å²) in [6.07, 6.45) is 5.87. The highest BCUT2D eigenvalue weighted by Crippen LogP contribution is 2.42. The maximum absolute atomic E-state index is 11.7. The number of fused-ring (bicyclic) bond motifs is 5. The fourth-order valence-electron chi connectivity index (χ4n) is 5.30. The van der Waals surface area contributed by atoms with Crippen LogP contribution in [-0.4, -0.2) is 18.4 Å². The first-order valence-corrected chi connectivity index (χ1v) is 12.7. The van der Waals surface area contributed by atoms with E-state index in [1.165, 1.54) is 50.9 Å². The monoisotopic (exact) mass is 479 g/mol. The van der Waals surface area contributed by atoms with Crippen LogP contribution in [0.2, 0.25) is 0 Å². The van der Waals surface area contributed by atoms with Gasteiger partial charge in [0.05, 0.1) is 12.8 Å². The highest BCUT2D eigenvalue weighted by Gasteiger charge is 2.23. The number of amides is 1. The Balaban J connectivity index is 1.30. The molecule has 0 spiro atoms. The molecule has 0 bridgehead atoms. The number of hydrogen-bond acceptors (Lipinski definition) is 4. The molecule has 5 heteroatoms. The molecule has 0 atom stereocenters. The van der Waals surface area contributed by atoms with Gasteiger partial charge in [0, 0.05) is 9.75 Å². The van der Waals surface area contributed by atoms with Gasteiger partial charge in [-0.3, -0.25) is 5.21 Å². The largest absolute Gasteiger partial charge is 0.451 e. The number of anilines is 1. The number of hydrogen-bond donors (Lipinski definition) is 1. The SMILES string of the molecule is COC(=O)N(O)c1cccc(-c2ccc(C3=Cc4ccc5c(c4CC3)CCc3ccccc3-5)s2)c1. The van der Waals surface area contributed by atoms with E-state index in [-0.39, 0.29) is 0 Å². The molecule has 1 amide bonds. The van der Waals surface area contributed by atoms with Crippen LogP contribution in [0.5, 0.6) is 0 Å². The summed E-state index contributed by atoms with van der Waals surface area (Å²) in [6.45, 7) is 0. The second-order valence-corrected chi connectivity index (χ2v) is 10.1. The van der Waals surface area contributed by atoms with Gasteiger partial charge in [0.25, 0.3) is 0 Å². The van der Waals surface area contributed by atoms with Gasteiger partial charge in [-0.1, -0.05) is 54.6 Å². The Labute approximate surface area is 208 Å². The van der Waals surface area contributed by atoms with E-state index in [0.717, 1.165) is 36.1 Å². The first kappa shape index (κ1) is 21.8. The minimum Gasteiger partial charge on any atom is -0.451 e. The predicted octanol–water partition coefficient (Wildman–Crippen LogP) is 7.63. The van der Waals surface area contributed by atoms with Crippen molar-refractivity contribution >= 4 is 34.8 Å². The number of methoxy groups -OCH3 is 1. The summed E-state index contributed by atoms with van der Waals surface area (Å²) < 4.78 is 4.61. The zero-order chi connectivity index (χ0) is 23.9. The Kier molecular flexibility index (Phi) is 5.51. The lowest BCUT2D eigenvalue weighted by atomic mass is 9.78. The number of allylic oxidation sites excluding steroid dienone is 1. The highest BCUT2D eigenvalue weighted by molar-refractivity contribution is 7.16. The zero-order valence-corrected chi connectivity index (χ0v) is 20.3. The molecule has 174 valence electrons. The van der Waals surface area contributed by atoms with E-state index in [9.17, 15) is 10.0 Å². The number of carbonyl (C=O) groups excluding carboxylic acids is 1. The first-order chi connectivity index (χ1) is 17.1. The van der Waals surface area contributed by atoms with Crippen molar-refractivity contribution in [2.24, 2.45) is 0 Å². The van der Waals surface area contributed by atoms with Gasteiger partial charge in [-0.25, -0.2) is 4.79 Å². The van der Waals surface area contributed by atoms with Crippen molar-refractivity contribution in [2.45, 2.75) is 25.7 Å². The van der Waals surface area contributed by atoms with Crippen LogP contribution in [-0.2, 0) is 24.0 Å². The molecule has 2 aliphatic rings. The van der Waals surface area contributed by atoms with Crippen LogP contribution in [0.4, 0.5) is 10.5 Å². The second-order valence-electron chi connectivity index (χ2n) is 8.98. The summed E-state index contributed by atoms with van der Waals surface area (Å²) in [7, 11) is 1.24. The molecule has 1 heterocycles. The lowest BCUT2D eigenvalue weighted by molar-refractivity contribution is 0.141. The van der Waals surface area contributed by atoms with Crippen LogP contribution < -0.4 is 5.06 Å². The first-order valence-electron chi connectivity index (χ1n) is 11.8. The number of nitrogens with zero attached hydrogens (tertiary/aromatic N) is 1. The third-order valence-electron chi connectivity index (χ3n) is 7.04. The van der Waals surface area contributed by atoms with Crippen molar-refractivity contribution in [3.8, 4) is 21.6 Å². The summed E-state index contributed by atoms with van der Waals surface area (Å²) >= 11 is 1.74. The second kappa shape index (κ2) is 8.84. The van der Waals surface area contributed by atoms with E-state index in [0.29, 0.717) is 10.8 Å². The zero-order valence-electron chi connectivity index (χ0n) is 19.5. The van der Waals surface area contributed by atoms with Gasteiger partial charge < -0.3 is 4.74 Å². The van der Waals surface area contributed by atoms with Gasteiger partial charge in [0.1, 0.15) is 0 Å². The van der Waals surface area contributed by atoms with Gasteiger partial charge in [-0.15, -0.1) is 11.3 Å². The average Bonchev–Trinajstić information content (AvgIpc) is 3.42. The molecule has 4 nitrogen and oxygen atoms in total. The molecule has 2 aliphatic carbocycles. The standard InChI is InChI=1S/C30H25NO3S/c1-34-30(32)31(33)23-7-4-6-21(18-23)28-15-16-29(35-28)22-11-12-25-20(17-22)10-14-26-24-8-3-2-5-19(24)9-13-27(25)26/h2-8,10,14-18,33H,9,11-13H2,1H3. The van der Waals surface area contributed by atoms with Gasteiger partial charge >= 0.3 is 6.09 Å². The molecular weight excluding hydrogens is 454 g/mol. The summed E-state index contributed by atoms with van der Waals surface area (Å²) in [4.78, 5) is 14.0. The topological polar surface area (TPSA) is 49.8 Å². The Morgan fingerprint density at radius 2 is 1.69 bits per heavy atom. The fourth-order valence-corrected chi connectivity index (χ4v) is 6.35. The molecule has 6 rings (SSSR count). The Hall–Kier alpha value is -3.67. The van der Waals surface area contributed by atoms with E-state index < -0.39 is 6.09 Å². The van der Waals surface area contributed by atoms with Gasteiger partial charge in [-0.2, -0.15) is 5.06 Å². The third kappa shape index (κ3) is 3.87. The maximum Gasteiger partial charge on any atom is 0.438 e. The van der Waals surface area contributed by atoms with Crippen LogP contribution in [0.25, 0.3) is 33.2 Å². The predicted molar refractivity (Wildman–Crippen MR) is 142 cm³/mol. The van der Waals surface area contributed by atoms with E-state index >= 15 is 0 Å². The summed E-state index contributed by atoms with van der Waals surface area (Å²) in [5.74, 6) is 0. The number of benzene rings is 3. The Bertz CT molecular complexity index is 1480. The minimum atomic E-state index is -0.814. The van der Waals surface area contributed by atoms with Crippen LogP contribution in [0.15, 0.2) is 72.8 Å². The molecular formula is C30H25NO3S. The van der Waals surface area contributed by atoms with E-state index in [1.54, 1.807) is 23.5 Å². The molecule has 0 fully saturated rings. The molecule has 0 radical (unpaired) electrons. The Morgan fingerprint density at radius 1 is 0.857 bits per heavy atom. The van der Waals surface area contributed by atoms with Crippen LogP contribution in [0, 0.1) is 0 Å². The van der Waals surface area contributed by atoms with Crippen LogP contribution >= 0.6 is 11.3 Å². The van der Waals surface area contributed by atoms with Crippen LogP contribution in [0.3, 0.4) is 0 Å². The highest BCUT2D eigenvalue weighted by atomic mass is 32.1. The molecule has 0 aliphatic heterocycles. The minimum absolute atomic E-state index is 0.376. The number of carbonyl (C=O) groups is 1. The van der Waals surface area contributed by atoms with Crippen molar-refractivity contribution in [2.75, 3.05) is 12.2 Å². The van der Waals surface area contributed by atoms with Gasteiger partial charge in [-0.05, 0) is 94.5 Å². The Morgan fingerprint density at radius 3 is 2.57 bits per heavy atom. The van der Waals surface area contributed by atoms with E-state index in [2.05, 4.69) is 59.3 Å². The number of hydroxylamine groups is 1. The maximum atomic E-state index is 11.7. The number of aryl methyl sites for hydroxylation is 1. The normalized spacial score (nSPS) is 13.8. The van der Waals surface area contributed by atoms with Crippen molar-refractivity contribution < 1.29 is 14.7 Å². The third-order valence-corrected chi connectivity index (χ3v) is 8.25. The lowest BCUT2D eigenvalue weighted by Gasteiger charge is -2.26. The molecule has 4 aromatic rings. The lowest BCUT2D eigenvalue weighted by Crippen LogP contribution is -2.26. The smallest absolute Gasteiger partial charge is 0.438 e. The molecule has 0 saturated carbocycles. The van der Waals surface area contributed by atoms with Gasteiger partial charge in [0.2, 0.25) is 0 Å². The summed E-state index contributed by atoms with van der Waals surface area (Å²) in [5, 5.41) is 10.6. The van der Waals surface area contributed by atoms with E-state index in [4.69, 9.17) is 0 Å². The molecule has 1 N–H and O–H groups in total. The summed E-state index contributed by atoms with van der Waals surface area (Å²) in [5.41, 5.74) is 11.3. The number of ether oxygens (including phenoxy) is 1.